The Labute approximate surface area is 92.3 Å². The molecule has 4 nitrogen and oxygen atoms in total. The van der Waals surface area contributed by atoms with Gasteiger partial charge in [-0.15, -0.1) is 0 Å². The van der Waals surface area contributed by atoms with E-state index in [2.05, 4.69) is 10.3 Å². The number of pyridine rings is 1. The minimum atomic E-state index is -0.131. The predicted molar refractivity (Wildman–Crippen MR) is 63.6 cm³/mol. The second kappa shape index (κ2) is 3.81. The minimum absolute atomic E-state index is 0.104. The molecule has 0 bridgehead atoms. The Balaban J connectivity index is 2.57. The summed E-state index contributed by atoms with van der Waals surface area (Å²) in [4.78, 5) is 25.1. The van der Waals surface area contributed by atoms with Gasteiger partial charge in [0.05, 0.1) is 5.52 Å². The zero-order valence-electron chi connectivity index (χ0n) is 9.13. The molecule has 1 aromatic carbocycles. The van der Waals surface area contributed by atoms with E-state index in [0.29, 0.717) is 11.3 Å². The molecule has 0 aliphatic heterocycles. The third kappa shape index (κ3) is 1.95. The van der Waals surface area contributed by atoms with E-state index in [-0.39, 0.29) is 11.5 Å². The van der Waals surface area contributed by atoms with Crippen molar-refractivity contribution in [1.82, 2.24) is 4.98 Å². The van der Waals surface area contributed by atoms with Crippen LogP contribution in [0.25, 0.3) is 10.9 Å². The minimum Gasteiger partial charge on any atom is -0.326 e. The van der Waals surface area contributed by atoms with Gasteiger partial charge in [-0.1, -0.05) is 6.07 Å². The molecule has 16 heavy (non-hydrogen) atoms. The number of fused-ring (bicyclic) bond motifs is 1. The monoisotopic (exact) mass is 216 g/mol. The van der Waals surface area contributed by atoms with Crippen LogP contribution in [0, 0.1) is 6.92 Å². The van der Waals surface area contributed by atoms with Gasteiger partial charge < -0.3 is 10.3 Å². The van der Waals surface area contributed by atoms with E-state index in [1.807, 2.05) is 18.2 Å². The van der Waals surface area contributed by atoms with Crippen molar-refractivity contribution >= 4 is 22.5 Å². The lowest BCUT2D eigenvalue weighted by atomic mass is 10.1. The van der Waals surface area contributed by atoms with Gasteiger partial charge >= 0.3 is 0 Å². The van der Waals surface area contributed by atoms with E-state index in [0.717, 1.165) is 10.9 Å². The predicted octanol–water partition coefficient (Wildman–Crippen LogP) is 1.79. The van der Waals surface area contributed by atoms with Crippen LogP contribution in [0.5, 0.6) is 0 Å². The van der Waals surface area contributed by atoms with Crippen molar-refractivity contribution in [3.63, 3.8) is 0 Å². The number of hydrogen-bond donors (Lipinski definition) is 2. The molecule has 0 atom stereocenters. The molecule has 0 saturated heterocycles. The Morgan fingerprint density at radius 3 is 2.75 bits per heavy atom. The van der Waals surface area contributed by atoms with Crippen LogP contribution in [0.3, 0.4) is 0 Å². The lowest BCUT2D eigenvalue weighted by molar-refractivity contribution is -0.114. The topological polar surface area (TPSA) is 62.0 Å². The van der Waals surface area contributed by atoms with E-state index in [1.54, 1.807) is 13.0 Å². The van der Waals surface area contributed by atoms with Gasteiger partial charge in [0.25, 0.3) is 5.56 Å². The van der Waals surface area contributed by atoms with Crippen molar-refractivity contribution in [3.8, 4) is 0 Å². The van der Waals surface area contributed by atoms with Gasteiger partial charge in [0.2, 0.25) is 5.91 Å². The van der Waals surface area contributed by atoms with E-state index >= 15 is 0 Å². The summed E-state index contributed by atoms with van der Waals surface area (Å²) in [5.41, 5.74) is 1.98. The largest absolute Gasteiger partial charge is 0.326 e. The van der Waals surface area contributed by atoms with Gasteiger partial charge in [-0.3, -0.25) is 9.59 Å². The molecule has 0 unspecified atom stereocenters. The molecule has 0 aliphatic rings. The third-order valence-electron chi connectivity index (χ3n) is 2.35. The maximum Gasteiger partial charge on any atom is 0.251 e. The van der Waals surface area contributed by atoms with E-state index in [1.165, 1.54) is 6.92 Å². The van der Waals surface area contributed by atoms with Gasteiger partial charge in [-0.2, -0.15) is 0 Å². The fourth-order valence-electron chi connectivity index (χ4n) is 1.59. The Morgan fingerprint density at radius 1 is 1.31 bits per heavy atom. The summed E-state index contributed by atoms with van der Waals surface area (Å²) in [7, 11) is 0. The summed E-state index contributed by atoms with van der Waals surface area (Å²) >= 11 is 0. The summed E-state index contributed by atoms with van der Waals surface area (Å²) < 4.78 is 0. The summed E-state index contributed by atoms with van der Waals surface area (Å²) in [6, 6.07) is 7.24. The number of benzene rings is 1. The highest BCUT2D eigenvalue weighted by Crippen LogP contribution is 2.16. The van der Waals surface area contributed by atoms with Gasteiger partial charge in [-0.05, 0) is 30.5 Å². The van der Waals surface area contributed by atoms with Crippen LogP contribution in [0.2, 0.25) is 0 Å². The number of carbonyl (C=O) groups excluding carboxylic acids is 1. The van der Waals surface area contributed by atoms with Crippen molar-refractivity contribution in [2.45, 2.75) is 13.8 Å². The second-order valence-corrected chi connectivity index (χ2v) is 3.76. The molecular weight excluding hydrogens is 204 g/mol. The molecule has 0 spiro atoms. The maximum atomic E-state index is 11.4. The molecular formula is C12H12N2O2. The highest BCUT2D eigenvalue weighted by molar-refractivity contribution is 5.92. The number of aromatic nitrogens is 1. The number of hydrogen-bond acceptors (Lipinski definition) is 2. The zero-order valence-corrected chi connectivity index (χ0v) is 9.13. The molecule has 1 aromatic heterocycles. The van der Waals surface area contributed by atoms with Crippen LogP contribution >= 0.6 is 0 Å². The van der Waals surface area contributed by atoms with E-state index in [4.69, 9.17) is 0 Å². The summed E-state index contributed by atoms with van der Waals surface area (Å²) in [5.74, 6) is -0.131. The second-order valence-electron chi connectivity index (χ2n) is 3.76. The molecule has 1 amide bonds. The molecule has 2 aromatic rings. The van der Waals surface area contributed by atoms with Crippen molar-refractivity contribution in [1.29, 1.82) is 0 Å². The first kappa shape index (κ1) is 10.4. The maximum absolute atomic E-state index is 11.4. The summed E-state index contributed by atoms with van der Waals surface area (Å²) in [5, 5.41) is 3.62. The first-order valence-electron chi connectivity index (χ1n) is 4.97. The molecule has 0 fully saturated rings. The third-order valence-corrected chi connectivity index (χ3v) is 2.35. The van der Waals surface area contributed by atoms with Crippen LogP contribution in [-0.2, 0) is 4.79 Å². The quantitative estimate of drug-likeness (QED) is 0.763. The first-order chi connectivity index (χ1) is 7.56. The zero-order chi connectivity index (χ0) is 11.7. The number of rotatable bonds is 1. The van der Waals surface area contributed by atoms with E-state index < -0.39 is 0 Å². The molecule has 1 heterocycles. The lowest BCUT2D eigenvalue weighted by Crippen LogP contribution is -2.09. The molecule has 0 aliphatic carbocycles. The average molecular weight is 216 g/mol. The number of aryl methyl sites for hydroxylation is 1. The van der Waals surface area contributed by atoms with Gasteiger partial charge in [-0.25, -0.2) is 0 Å². The Hall–Kier alpha value is -2.10. The molecule has 0 saturated carbocycles. The highest BCUT2D eigenvalue weighted by Gasteiger charge is 2.01. The van der Waals surface area contributed by atoms with Crippen molar-refractivity contribution in [2.75, 3.05) is 5.32 Å². The van der Waals surface area contributed by atoms with Crippen LogP contribution in [-0.4, -0.2) is 10.9 Å². The fourth-order valence-corrected chi connectivity index (χ4v) is 1.59. The van der Waals surface area contributed by atoms with Crippen LogP contribution in [0.4, 0.5) is 5.69 Å². The smallest absolute Gasteiger partial charge is 0.251 e. The summed E-state index contributed by atoms with van der Waals surface area (Å²) in [6.07, 6.45) is 0. The number of aromatic amines is 1. The van der Waals surface area contributed by atoms with E-state index in [9.17, 15) is 9.59 Å². The molecule has 4 heteroatoms. The SMILES string of the molecule is CC(=O)Nc1ccc2cc(C)c(=O)[nH]c2c1. The average Bonchev–Trinajstić information content (AvgIpc) is 2.19. The standard InChI is InChI=1S/C12H12N2O2/c1-7-5-9-3-4-10(13-8(2)15)6-11(9)14-12(7)16/h3-6H,1-2H3,(H,13,15)(H,14,16). The van der Waals surface area contributed by atoms with Gasteiger partial charge in [0, 0.05) is 18.2 Å². The van der Waals surface area contributed by atoms with Crippen molar-refractivity contribution in [2.24, 2.45) is 0 Å². The van der Waals surface area contributed by atoms with Gasteiger partial charge in [0.1, 0.15) is 0 Å². The van der Waals surface area contributed by atoms with Crippen molar-refractivity contribution < 1.29 is 4.79 Å². The molecule has 82 valence electrons. The molecule has 2 N–H and O–H groups in total. The Morgan fingerprint density at radius 2 is 2.06 bits per heavy atom. The summed E-state index contributed by atoms with van der Waals surface area (Å²) in [6.45, 7) is 3.21. The Bertz CT molecular complexity index is 614. The van der Waals surface area contributed by atoms with Crippen LogP contribution in [0.15, 0.2) is 29.1 Å². The number of H-pyrrole nitrogens is 1. The first-order valence-corrected chi connectivity index (χ1v) is 4.97. The highest BCUT2D eigenvalue weighted by atomic mass is 16.1. The van der Waals surface area contributed by atoms with Crippen LogP contribution in [0.1, 0.15) is 12.5 Å². The molecule has 2 rings (SSSR count). The Kier molecular flexibility index (Phi) is 2.48. The number of nitrogens with one attached hydrogen (secondary N) is 2. The number of amides is 1. The van der Waals surface area contributed by atoms with Crippen molar-refractivity contribution in [3.05, 3.63) is 40.2 Å². The lowest BCUT2D eigenvalue weighted by Gasteiger charge is -2.04. The normalized spacial score (nSPS) is 10.4. The number of anilines is 1. The fraction of sp³-hybridized carbons (Fsp3) is 0.167. The molecule has 0 radical (unpaired) electrons. The van der Waals surface area contributed by atoms with Crippen LogP contribution < -0.4 is 10.9 Å². The van der Waals surface area contributed by atoms with Gasteiger partial charge in [0.15, 0.2) is 0 Å². The number of carbonyl (C=O) groups is 1.